The van der Waals surface area contributed by atoms with Gasteiger partial charge in [0.15, 0.2) is 0 Å². The SMILES string of the molecule is CC(C)CC(=O)N1CCCC(c2nnc(C(=O)Nc3cccc(F)c3)s2)C1. The molecule has 0 bridgehead atoms. The number of likely N-dealkylation sites (tertiary alicyclic amines) is 1. The van der Waals surface area contributed by atoms with E-state index in [0.717, 1.165) is 24.4 Å². The van der Waals surface area contributed by atoms with Crippen LogP contribution in [0, 0.1) is 11.7 Å². The smallest absolute Gasteiger partial charge is 0.286 e. The fourth-order valence-electron chi connectivity index (χ4n) is 3.13. The molecule has 2 amide bonds. The molecule has 144 valence electrons. The first-order chi connectivity index (χ1) is 12.9. The summed E-state index contributed by atoms with van der Waals surface area (Å²) in [5, 5.41) is 11.8. The van der Waals surface area contributed by atoms with E-state index >= 15 is 0 Å². The highest BCUT2D eigenvalue weighted by molar-refractivity contribution is 7.13. The number of rotatable bonds is 5. The van der Waals surface area contributed by atoms with Crippen molar-refractivity contribution >= 4 is 28.8 Å². The molecule has 1 unspecified atom stereocenters. The molecule has 1 saturated heterocycles. The van der Waals surface area contributed by atoms with Crippen LogP contribution in [0.1, 0.15) is 53.8 Å². The normalized spacial score (nSPS) is 17.2. The predicted molar refractivity (Wildman–Crippen MR) is 102 cm³/mol. The third-order valence-electron chi connectivity index (χ3n) is 4.42. The van der Waals surface area contributed by atoms with Gasteiger partial charge in [-0.05, 0) is 37.0 Å². The summed E-state index contributed by atoms with van der Waals surface area (Å²) in [7, 11) is 0. The van der Waals surface area contributed by atoms with E-state index in [4.69, 9.17) is 0 Å². The lowest BCUT2D eigenvalue weighted by atomic mass is 9.98. The van der Waals surface area contributed by atoms with Gasteiger partial charge in [0.25, 0.3) is 5.91 Å². The van der Waals surface area contributed by atoms with Crippen molar-refractivity contribution in [2.75, 3.05) is 18.4 Å². The summed E-state index contributed by atoms with van der Waals surface area (Å²) in [6, 6.07) is 5.71. The van der Waals surface area contributed by atoms with Gasteiger partial charge in [0.05, 0.1) is 0 Å². The van der Waals surface area contributed by atoms with Crippen LogP contribution in [0.4, 0.5) is 10.1 Å². The number of piperidine rings is 1. The molecule has 0 saturated carbocycles. The van der Waals surface area contributed by atoms with Crippen molar-refractivity contribution in [1.82, 2.24) is 15.1 Å². The molecule has 1 N–H and O–H groups in total. The number of carbonyl (C=O) groups is 2. The topological polar surface area (TPSA) is 75.2 Å². The fourth-order valence-corrected chi connectivity index (χ4v) is 3.99. The Morgan fingerprint density at radius 2 is 2.19 bits per heavy atom. The molecule has 27 heavy (non-hydrogen) atoms. The second kappa shape index (κ2) is 8.56. The monoisotopic (exact) mass is 390 g/mol. The maximum atomic E-state index is 13.2. The molecule has 0 radical (unpaired) electrons. The maximum Gasteiger partial charge on any atom is 0.286 e. The summed E-state index contributed by atoms with van der Waals surface area (Å²) in [5.41, 5.74) is 0.375. The van der Waals surface area contributed by atoms with Crippen LogP contribution in [0.2, 0.25) is 0 Å². The number of amides is 2. The second-order valence-electron chi connectivity index (χ2n) is 7.19. The molecule has 1 aliphatic rings. The van der Waals surface area contributed by atoms with E-state index in [1.165, 1.54) is 29.5 Å². The number of nitrogens with zero attached hydrogens (tertiary/aromatic N) is 3. The Morgan fingerprint density at radius 3 is 2.93 bits per heavy atom. The number of benzene rings is 1. The van der Waals surface area contributed by atoms with E-state index < -0.39 is 11.7 Å². The summed E-state index contributed by atoms with van der Waals surface area (Å²) in [6.45, 7) is 5.46. The molecule has 2 aromatic rings. The van der Waals surface area contributed by atoms with Crippen molar-refractivity contribution in [1.29, 1.82) is 0 Å². The van der Waals surface area contributed by atoms with Crippen molar-refractivity contribution in [2.45, 2.75) is 39.0 Å². The molecular weight excluding hydrogens is 367 g/mol. The molecule has 1 aliphatic heterocycles. The first-order valence-corrected chi connectivity index (χ1v) is 9.92. The number of anilines is 1. The van der Waals surface area contributed by atoms with Crippen molar-refractivity contribution in [3.8, 4) is 0 Å². The van der Waals surface area contributed by atoms with E-state index in [9.17, 15) is 14.0 Å². The highest BCUT2D eigenvalue weighted by atomic mass is 32.1. The zero-order valence-electron chi connectivity index (χ0n) is 15.4. The van der Waals surface area contributed by atoms with E-state index in [0.29, 0.717) is 24.6 Å². The van der Waals surface area contributed by atoms with Crippen LogP contribution in [0.25, 0.3) is 0 Å². The van der Waals surface area contributed by atoms with Crippen LogP contribution in [0.5, 0.6) is 0 Å². The van der Waals surface area contributed by atoms with Crippen LogP contribution in [0.3, 0.4) is 0 Å². The van der Waals surface area contributed by atoms with Gasteiger partial charge in [0.2, 0.25) is 10.9 Å². The summed E-state index contributed by atoms with van der Waals surface area (Å²) < 4.78 is 13.2. The minimum atomic E-state index is -0.417. The van der Waals surface area contributed by atoms with Crippen LogP contribution < -0.4 is 5.32 Å². The predicted octanol–water partition coefficient (Wildman–Crippen LogP) is 3.68. The average Bonchev–Trinajstić information content (AvgIpc) is 3.11. The second-order valence-corrected chi connectivity index (χ2v) is 8.20. The molecule has 1 fully saturated rings. The average molecular weight is 390 g/mol. The Labute approximate surface area is 161 Å². The minimum absolute atomic E-state index is 0.100. The third kappa shape index (κ3) is 5.09. The van der Waals surface area contributed by atoms with Crippen molar-refractivity contribution < 1.29 is 14.0 Å². The Balaban J connectivity index is 1.64. The molecule has 3 rings (SSSR count). The zero-order valence-corrected chi connectivity index (χ0v) is 16.3. The number of nitrogens with one attached hydrogen (secondary N) is 1. The van der Waals surface area contributed by atoms with E-state index in [2.05, 4.69) is 15.5 Å². The van der Waals surface area contributed by atoms with Crippen LogP contribution >= 0.6 is 11.3 Å². The van der Waals surface area contributed by atoms with E-state index in [1.807, 2.05) is 18.7 Å². The summed E-state index contributed by atoms with van der Waals surface area (Å²) in [6.07, 6.45) is 2.38. The molecule has 6 nitrogen and oxygen atoms in total. The van der Waals surface area contributed by atoms with Gasteiger partial charge in [-0.2, -0.15) is 0 Å². The minimum Gasteiger partial charge on any atom is -0.342 e. The van der Waals surface area contributed by atoms with E-state index in [1.54, 1.807) is 6.07 Å². The van der Waals surface area contributed by atoms with Crippen LogP contribution in [-0.4, -0.2) is 40.0 Å². The molecule has 8 heteroatoms. The van der Waals surface area contributed by atoms with Gasteiger partial charge in [-0.3, -0.25) is 9.59 Å². The lowest BCUT2D eigenvalue weighted by Crippen LogP contribution is -2.39. The standard InChI is InChI=1S/C19H23FN4O2S/c1-12(2)9-16(25)24-8-4-5-13(11-24)18-22-23-19(27-18)17(26)21-15-7-3-6-14(20)10-15/h3,6-7,10,12-13H,4-5,8-9,11H2,1-2H3,(H,21,26). The van der Waals surface area contributed by atoms with Gasteiger partial charge in [0, 0.05) is 31.1 Å². The fraction of sp³-hybridized carbons (Fsp3) is 0.474. The van der Waals surface area contributed by atoms with Gasteiger partial charge >= 0.3 is 0 Å². The first kappa shape index (κ1) is 19.4. The highest BCUT2D eigenvalue weighted by Crippen LogP contribution is 2.30. The van der Waals surface area contributed by atoms with Gasteiger partial charge in [-0.1, -0.05) is 31.3 Å². The largest absolute Gasteiger partial charge is 0.342 e. The quantitative estimate of drug-likeness (QED) is 0.845. The molecule has 1 atom stereocenters. The van der Waals surface area contributed by atoms with Gasteiger partial charge in [-0.25, -0.2) is 4.39 Å². The number of aromatic nitrogens is 2. The van der Waals surface area contributed by atoms with Crippen molar-refractivity contribution in [3.63, 3.8) is 0 Å². The molecule has 0 spiro atoms. The molecular formula is C19H23FN4O2S. The summed E-state index contributed by atoms with van der Waals surface area (Å²) >= 11 is 1.23. The number of hydrogen-bond acceptors (Lipinski definition) is 5. The number of carbonyl (C=O) groups excluding carboxylic acids is 2. The van der Waals surface area contributed by atoms with Crippen LogP contribution in [0.15, 0.2) is 24.3 Å². The highest BCUT2D eigenvalue weighted by Gasteiger charge is 2.28. The van der Waals surface area contributed by atoms with Gasteiger partial charge in [-0.15, -0.1) is 10.2 Å². The van der Waals surface area contributed by atoms with Crippen LogP contribution in [-0.2, 0) is 4.79 Å². The zero-order chi connectivity index (χ0) is 19.4. The van der Waals surface area contributed by atoms with E-state index in [-0.39, 0.29) is 16.8 Å². The Hall–Kier alpha value is -2.35. The molecule has 1 aromatic carbocycles. The Bertz CT molecular complexity index is 824. The number of halogens is 1. The first-order valence-electron chi connectivity index (χ1n) is 9.10. The summed E-state index contributed by atoms with van der Waals surface area (Å²) in [5.74, 6) is -0.226. The van der Waals surface area contributed by atoms with Gasteiger partial charge in [0.1, 0.15) is 10.8 Å². The lowest BCUT2D eigenvalue weighted by Gasteiger charge is -2.32. The molecule has 0 aliphatic carbocycles. The van der Waals surface area contributed by atoms with Gasteiger partial charge < -0.3 is 10.2 Å². The van der Waals surface area contributed by atoms with Crippen molar-refractivity contribution in [3.05, 3.63) is 40.1 Å². The Kier molecular flexibility index (Phi) is 6.15. The van der Waals surface area contributed by atoms with Crippen molar-refractivity contribution in [2.24, 2.45) is 5.92 Å². The lowest BCUT2D eigenvalue weighted by molar-refractivity contribution is -0.133. The number of hydrogen-bond donors (Lipinski definition) is 1. The molecule has 1 aromatic heterocycles. The molecule has 2 heterocycles. The third-order valence-corrected chi connectivity index (χ3v) is 5.51. The summed E-state index contributed by atoms with van der Waals surface area (Å²) in [4.78, 5) is 26.5. The maximum absolute atomic E-state index is 13.2. The Morgan fingerprint density at radius 1 is 1.37 bits per heavy atom.